The first-order chi connectivity index (χ1) is 7.29. The van der Waals surface area contributed by atoms with Crippen molar-refractivity contribution in [2.24, 2.45) is 0 Å². The van der Waals surface area contributed by atoms with Gasteiger partial charge in [-0.3, -0.25) is 0 Å². The van der Waals surface area contributed by atoms with E-state index in [0.717, 1.165) is 25.7 Å². The molecular weight excluding hydrogens is 192 g/mol. The quantitative estimate of drug-likeness (QED) is 0.722. The summed E-state index contributed by atoms with van der Waals surface area (Å²) in [4.78, 5) is 11.5. The molecule has 1 aromatic rings. The molecule has 0 unspecified atom stereocenters. The second-order valence-electron chi connectivity index (χ2n) is 4.20. The first-order valence-corrected chi connectivity index (χ1v) is 5.59. The fourth-order valence-electron chi connectivity index (χ4n) is 2.36. The summed E-state index contributed by atoms with van der Waals surface area (Å²) in [6, 6.07) is 1.46. The predicted octanol–water partition coefficient (Wildman–Crippen LogP) is 2.78. The Morgan fingerprint density at radius 3 is 2.47 bits per heavy atom. The molecule has 0 radical (unpaired) electrons. The molecule has 0 saturated heterocycles. The summed E-state index contributed by atoms with van der Waals surface area (Å²) in [6.45, 7) is 0. The van der Waals surface area contributed by atoms with Gasteiger partial charge in [0.2, 0.25) is 0 Å². The van der Waals surface area contributed by atoms with E-state index < -0.39 is 0 Å². The summed E-state index contributed by atoms with van der Waals surface area (Å²) >= 11 is 0. The highest BCUT2D eigenvalue weighted by atomic mass is 16.4. The molecule has 0 atom stereocenters. The Kier molecular flexibility index (Phi) is 3.09. The van der Waals surface area contributed by atoms with E-state index >= 15 is 0 Å². The predicted molar refractivity (Wildman–Crippen MR) is 57.1 cm³/mol. The summed E-state index contributed by atoms with van der Waals surface area (Å²) in [5.74, 6) is 0.281. The van der Waals surface area contributed by atoms with E-state index in [4.69, 9.17) is 4.42 Å². The summed E-state index contributed by atoms with van der Waals surface area (Å²) in [5.41, 5.74) is 0.112. The van der Waals surface area contributed by atoms with Crippen LogP contribution in [0.2, 0.25) is 0 Å². The molecule has 3 heteroatoms. The van der Waals surface area contributed by atoms with Crippen LogP contribution in [0.25, 0.3) is 0 Å². The third-order valence-corrected chi connectivity index (χ3v) is 3.16. The van der Waals surface area contributed by atoms with Crippen molar-refractivity contribution in [1.82, 2.24) is 0 Å². The van der Waals surface area contributed by atoms with Crippen LogP contribution in [0.15, 0.2) is 21.5 Å². The molecule has 2 rings (SSSR count). The van der Waals surface area contributed by atoms with Crippen molar-refractivity contribution in [1.29, 1.82) is 0 Å². The van der Waals surface area contributed by atoms with E-state index in [2.05, 4.69) is 0 Å². The maximum absolute atomic E-state index is 11.5. The Bertz CT molecular complexity index is 373. The van der Waals surface area contributed by atoms with Crippen LogP contribution in [0.5, 0.6) is 5.75 Å². The summed E-state index contributed by atoms with van der Waals surface area (Å²) in [6.07, 6.45) is 7.96. The topological polar surface area (TPSA) is 50.4 Å². The van der Waals surface area contributed by atoms with Crippen LogP contribution < -0.4 is 5.63 Å². The SMILES string of the molecule is O=c1occc(O)c1C1CCCCCC1. The normalized spacial score (nSPS) is 18.7. The Morgan fingerprint density at radius 2 is 1.87 bits per heavy atom. The molecule has 1 fully saturated rings. The smallest absolute Gasteiger partial charge is 0.342 e. The molecule has 0 aliphatic heterocycles. The molecule has 1 N–H and O–H groups in total. The minimum Gasteiger partial charge on any atom is -0.507 e. The van der Waals surface area contributed by atoms with Gasteiger partial charge in [-0.15, -0.1) is 0 Å². The van der Waals surface area contributed by atoms with Crippen molar-refractivity contribution in [3.05, 3.63) is 28.3 Å². The maximum atomic E-state index is 11.5. The van der Waals surface area contributed by atoms with Crippen LogP contribution in [0, 0.1) is 0 Å². The molecule has 15 heavy (non-hydrogen) atoms. The average Bonchev–Trinajstić information content (AvgIpc) is 2.46. The van der Waals surface area contributed by atoms with Gasteiger partial charge < -0.3 is 9.52 Å². The zero-order chi connectivity index (χ0) is 10.7. The zero-order valence-electron chi connectivity index (χ0n) is 8.74. The third kappa shape index (κ3) is 2.22. The van der Waals surface area contributed by atoms with Crippen LogP contribution in [-0.2, 0) is 0 Å². The van der Waals surface area contributed by atoms with Crippen molar-refractivity contribution in [2.45, 2.75) is 44.4 Å². The number of aromatic hydroxyl groups is 1. The number of hydrogen-bond donors (Lipinski definition) is 1. The van der Waals surface area contributed by atoms with Gasteiger partial charge >= 0.3 is 5.63 Å². The van der Waals surface area contributed by atoms with Crippen molar-refractivity contribution < 1.29 is 9.52 Å². The average molecular weight is 208 g/mol. The standard InChI is InChI=1S/C12H16O3/c13-10-7-8-15-12(14)11(10)9-5-3-1-2-4-6-9/h7-9,13H,1-6H2. The lowest BCUT2D eigenvalue weighted by atomic mass is 9.92. The van der Waals surface area contributed by atoms with Crippen molar-refractivity contribution in [3.63, 3.8) is 0 Å². The fraction of sp³-hybridized carbons (Fsp3) is 0.583. The molecule has 0 amide bonds. The Balaban J connectivity index is 2.30. The summed E-state index contributed by atoms with van der Waals surface area (Å²) < 4.78 is 4.82. The molecule has 1 aliphatic rings. The van der Waals surface area contributed by atoms with Gasteiger partial charge in [-0.05, 0) is 18.8 Å². The molecule has 0 aromatic carbocycles. The lowest BCUT2D eigenvalue weighted by Gasteiger charge is -2.13. The lowest BCUT2D eigenvalue weighted by Crippen LogP contribution is -2.12. The first kappa shape index (κ1) is 10.3. The lowest BCUT2D eigenvalue weighted by molar-refractivity contribution is 0.416. The zero-order valence-corrected chi connectivity index (χ0v) is 8.74. The second kappa shape index (κ2) is 4.51. The Hall–Kier alpha value is -1.25. The monoisotopic (exact) mass is 208 g/mol. The summed E-state index contributed by atoms with van der Waals surface area (Å²) in [7, 11) is 0. The minimum absolute atomic E-state index is 0.0955. The van der Waals surface area contributed by atoms with Gasteiger partial charge in [0.1, 0.15) is 5.75 Å². The molecule has 1 saturated carbocycles. The summed E-state index contributed by atoms with van der Waals surface area (Å²) in [5, 5.41) is 9.68. The molecule has 1 heterocycles. The van der Waals surface area contributed by atoms with E-state index in [1.54, 1.807) is 0 Å². The van der Waals surface area contributed by atoms with Gasteiger partial charge in [-0.1, -0.05) is 25.7 Å². The van der Waals surface area contributed by atoms with Gasteiger partial charge in [0.05, 0.1) is 11.8 Å². The molecular formula is C12H16O3. The first-order valence-electron chi connectivity index (χ1n) is 5.59. The third-order valence-electron chi connectivity index (χ3n) is 3.16. The van der Waals surface area contributed by atoms with Gasteiger partial charge in [-0.25, -0.2) is 4.79 Å². The number of hydrogen-bond acceptors (Lipinski definition) is 3. The van der Waals surface area contributed by atoms with E-state index in [1.807, 2.05) is 0 Å². The second-order valence-corrected chi connectivity index (χ2v) is 4.20. The van der Waals surface area contributed by atoms with Crippen LogP contribution >= 0.6 is 0 Å². The molecule has 0 spiro atoms. The van der Waals surface area contributed by atoms with Gasteiger partial charge in [0.25, 0.3) is 0 Å². The van der Waals surface area contributed by atoms with Gasteiger partial charge in [0.15, 0.2) is 0 Å². The molecule has 1 aromatic heterocycles. The van der Waals surface area contributed by atoms with Gasteiger partial charge in [0, 0.05) is 6.07 Å². The van der Waals surface area contributed by atoms with E-state index in [9.17, 15) is 9.90 Å². The van der Waals surface area contributed by atoms with E-state index in [0.29, 0.717) is 5.56 Å². The molecule has 1 aliphatic carbocycles. The number of rotatable bonds is 1. The van der Waals surface area contributed by atoms with Crippen LogP contribution in [0.3, 0.4) is 0 Å². The largest absolute Gasteiger partial charge is 0.507 e. The highest BCUT2D eigenvalue weighted by Gasteiger charge is 2.21. The minimum atomic E-state index is -0.373. The fourth-order valence-corrected chi connectivity index (χ4v) is 2.36. The Labute approximate surface area is 88.7 Å². The molecule has 3 nitrogen and oxygen atoms in total. The van der Waals surface area contributed by atoms with Crippen LogP contribution in [0.4, 0.5) is 0 Å². The Morgan fingerprint density at radius 1 is 1.20 bits per heavy atom. The van der Waals surface area contributed by atoms with Gasteiger partial charge in [-0.2, -0.15) is 0 Å². The molecule has 0 bridgehead atoms. The van der Waals surface area contributed by atoms with E-state index in [-0.39, 0.29) is 17.3 Å². The van der Waals surface area contributed by atoms with Crippen molar-refractivity contribution in [3.8, 4) is 5.75 Å². The molecule has 82 valence electrons. The van der Waals surface area contributed by atoms with E-state index in [1.165, 1.54) is 25.2 Å². The van der Waals surface area contributed by atoms with Crippen molar-refractivity contribution in [2.75, 3.05) is 0 Å². The highest BCUT2D eigenvalue weighted by Crippen LogP contribution is 2.33. The van der Waals surface area contributed by atoms with Crippen LogP contribution in [0.1, 0.15) is 50.0 Å². The highest BCUT2D eigenvalue weighted by molar-refractivity contribution is 5.30. The van der Waals surface area contributed by atoms with Crippen LogP contribution in [-0.4, -0.2) is 5.11 Å². The maximum Gasteiger partial charge on any atom is 0.342 e. The van der Waals surface area contributed by atoms with Crippen molar-refractivity contribution >= 4 is 0 Å².